The molecular weight excluding hydrogens is 504 g/mol. The minimum Gasteiger partial charge on any atom is -0.353 e. The van der Waals surface area contributed by atoms with Crippen molar-refractivity contribution in [3.63, 3.8) is 0 Å². The first kappa shape index (κ1) is 24.2. The van der Waals surface area contributed by atoms with Gasteiger partial charge in [0.2, 0.25) is 5.91 Å². The van der Waals surface area contributed by atoms with Gasteiger partial charge >= 0.3 is 0 Å². The molecule has 7 heterocycles. The lowest BCUT2D eigenvalue weighted by Gasteiger charge is -2.21. The van der Waals surface area contributed by atoms with E-state index in [0.717, 1.165) is 76.3 Å². The van der Waals surface area contributed by atoms with Crippen LogP contribution in [0.5, 0.6) is 0 Å². The molecule has 0 radical (unpaired) electrons. The zero-order chi connectivity index (χ0) is 27.1. The molecule has 200 valence electrons. The Hall–Kier alpha value is -4.90. The van der Waals surface area contributed by atoms with Crippen LogP contribution in [0, 0.1) is 12.8 Å². The molecule has 0 aromatic carbocycles. The Balaban J connectivity index is 1.19. The van der Waals surface area contributed by atoms with E-state index in [1.807, 2.05) is 48.0 Å². The zero-order valence-electron chi connectivity index (χ0n) is 22.0. The Labute approximate surface area is 229 Å². The summed E-state index contributed by atoms with van der Waals surface area (Å²) in [7, 11) is 0. The van der Waals surface area contributed by atoms with Crippen LogP contribution in [0.2, 0.25) is 0 Å². The Morgan fingerprint density at radius 2 is 2.00 bits per heavy atom. The van der Waals surface area contributed by atoms with Crippen LogP contribution in [0.25, 0.3) is 50.4 Å². The molecule has 4 N–H and O–H groups in total. The molecule has 0 aliphatic carbocycles. The van der Waals surface area contributed by atoms with Crippen LogP contribution in [-0.2, 0) is 4.79 Å². The first-order valence-corrected chi connectivity index (χ1v) is 13.4. The van der Waals surface area contributed by atoms with Crippen molar-refractivity contribution in [3.05, 3.63) is 67.1 Å². The maximum Gasteiger partial charge on any atom is 0.224 e. The Bertz CT molecular complexity index is 1840. The molecule has 1 aliphatic heterocycles. The third-order valence-electron chi connectivity index (χ3n) is 7.40. The number of nitrogens with one attached hydrogen (secondary N) is 4. The lowest BCUT2D eigenvalue weighted by atomic mass is 9.94. The number of aromatic amines is 2. The molecular formula is C29H28N10O. The second-order valence-electron chi connectivity index (χ2n) is 10.3. The summed E-state index contributed by atoms with van der Waals surface area (Å²) < 4.78 is 1.92. The fourth-order valence-corrected chi connectivity index (χ4v) is 5.37. The molecule has 1 aliphatic rings. The highest BCUT2D eigenvalue weighted by atomic mass is 16.1. The Morgan fingerprint density at radius 3 is 2.85 bits per heavy atom. The van der Waals surface area contributed by atoms with Crippen molar-refractivity contribution in [2.24, 2.45) is 5.92 Å². The number of aromatic nitrogens is 8. The minimum atomic E-state index is 0.0184. The number of piperidine rings is 1. The van der Waals surface area contributed by atoms with E-state index in [2.05, 4.69) is 40.8 Å². The van der Waals surface area contributed by atoms with E-state index in [0.29, 0.717) is 23.7 Å². The molecule has 1 fully saturated rings. The van der Waals surface area contributed by atoms with E-state index < -0.39 is 0 Å². The molecule has 1 amide bonds. The molecule has 6 aromatic rings. The predicted molar refractivity (Wildman–Crippen MR) is 153 cm³/mol. The maximum absolute atomic E-state index is 12.7. The minimum absolute atomic E-state index is 0.0184. The summed E-state index contributed by atoms with van der Waals surface area (Å²) in [5.41, 5.74) is 7.17. The third-order valence-corrected chi connectivity index (χ3v) is 7.40. The standard InChI is InChI=1S/C29H28N10O/c1-17-15-39(16-33-17)29-21-12-25(35-23(21)6-9-32-29)28-27-24(37-38-28)3-2-22(36-27)19-11-20(14-31-13-19)34-26(40)10-18-4-7-30-8-5-18/h2-3,6,9,11-16,18,30,35H,4-5,7-8,10H2,1H3,(H,34,40)(H,37,38). The van der Waals surface area contributed by atoms with Crippen LogP contribution in [0.4, 0.5) is 5.69 Å². The highest BCUT2D eigenvalue weighted by molar-refractivity contribution is 5.96. The quantitative estimate of drug-likeness (QED) is 0.249. The molecule has 0 spiro atoms. The van der Waals surface area contributed by atoms with Gasteiger partial charge in [0, 0.05) is 36.0 Å². The van der Waals surface area contributed by atoms with Crippen molar-refractivity contribution in [1.29, 1.82) is 0 Å². The van der Waals surface area contributed by atoms with Crippen molar-refractivity contribution in [1.82, 2.24) is 45.0 Å². The number of amides is 1. The van der Waals surface area contributed by atoms with Crippen LogP contribution < -0.4 is 10.6 Å². The average Bonchev–Trinajstić information content (AvgIpc) is 3.71. The summed E-state index contributed by atoms with van der Waals surface area (Å²) in [6, 6.07) is 9.78. The number of pyridine rings is 3. The monoisotopic (exact) mass is 532 g/mol. The van der Waals surface area contributed by atoms with Gasteiger partial charge < -0.3 is 15.6 Å². The molecule has 1 saturated heterocycles. The van der Waals surface area contributed by atoms with Gasteiger partial charge in [-0.05, 0) is 69.1 Å². The molecule has 11 nitrogen and oxygen atoms in total. The van der Waals surface area contributed by atoms with Gasteiger partial charge in [-0.25, -0.2) is 15.0 Å². The van der Waals surface area contributed by atoms with Gasteiger partial charge in [-0.2, -0.15) is 5.10 Å². The SMILES string of the molecule is Cc1cn(-c2nccc3[nH]c(-c4n[nH]c5ccc(-c6cncc(NC(=O)CC7CCNCC7)c6)nc45)cc23)cn1. The number of anilines is 1. The van der Waals surface area contributed by atoms with Gasteiger partial charge in [0.25, 0.3) is 0 Å². The smallest absolute Gasteiger partial charge is 0.224 e. The topological polar surface area (TPSA) is 142 Å². The van der Waals surface area contributed by atoms with Crippen LogP contribution >= 0.6 is 0 Å². The zero-order valence-corrected chi connectivity index (χ0v) is 22.0. The number of H-pyrrole nitrogens is 2. The number of hydrogen-bond acceptors (Lipinski definition) is 7. The Kier molecular flexibility index (Phi) is 6.05. The van der Waals surface area contributed by atoms with Crippen molar-refractivity contribution in [3.8, 4) is 28.5 Å². The summed E-state index contributed by atoms with van der Waals surface area (Å²) in [4.78, 5) is 34.4. The normalized spacial score (nSPS) is 14.2. The number of nitrogens with zero attached hydrogens (tertiary/aromatic N) is 6. The molecule has 0 atom stereocenters. The van der Waals surface area contributed by atoms with Crippen LogP contribution in [0.3, 0.4) is 0 Å². The average molecular weight is 533 g/mol. The summed E-state index contributed by atoms with van der Waals surface area (Å²) in [5.74, 6) is 1.23. The summed E-state index contributed by atoms with van der Waals surface area (Å²) >= 11 is 0. The van der Waals surface area contributed by atoms with E-state index in [9.17, 15) is 4.79 Å². The van der Waals surface area contributed by atoms with E-state index in [1.165, 1.54) is 0 Å². The van der Waals surface area contributed by atoms with Crippen molar-refractivity contribution in [2.45, 2.75) is 26.2 Å². The molecule has 0 bridgehead atoms. The Morgan fingerprint density at radius 1 is 1.10 bits per heavy atom. The highest BCUT2D eigenvalue weighted by Gasteiger charge is 2.18. The van der Waals surface area contributed by atoms with Gasteiger partial charge in [0.15, 0.2) is 0 Å². The second kappa shape index (κ2) is 10.0. The molecule has 11 heteroatoms. The number of hydrogen-bond donors (Lipinski definition) is 4. The molecule has 0 saturated carbocycles. The fraction of sp³-hybridized carbons (Fsp3) is 0.241. The van der Waals surface area contributed by atoms with Crippen molar-refractivity contribution in [2.75, 3.05) is 18.4 Å². The van der Waals surface area contributed by atoms with E-state index >= 15 is 0 Å². The van der Waals surface area contributed by atoms with Gasteiger partial charge in [0.1, 0.15) is 23.4 Å². The number of carbonyl (C=O) groups excluding carboxylic acids is 1. The van der Waals surface area contributed by atoms with Crippen LogP contribution in [0.1, 0.15) is 25.0 Å². The van der Waals surface area contributed by atoms with Gasteiger partial charge in [0.05, 0.1) is 40.0 Å². The van der Waals surface area contributed by atoms with Crippen LogP contribution in [-0.4, -0.2) is 58.7 Å². The first-order valence-electron chi connectivity index (χ1n) is 13.4. The predicted octanol–water partition coefficient (Wildman–Crippen LogP) is 4.39. The van der Waals surface area contributed by atoms with Crippen molar-refractivity contribution >= 4 is 33.5 Å². The van der Waals surface area contributed by atoms with E-state index in [4.69, 9.17) is 4.98 Å². The number of imidazole rings is 1. The fourth-order valence-electron chi connectivity index (χ4n) is 5.37. The summed E-state index contributed by atoms with van der Waals surface area (Å²) in [6.45, 7) is 3.90. The molecule has 6 aromatic heterocycles. The largest absolute Gasteiger partial charge is 0.353 e. The van der Waals surface area contributed by atoms with E-state index in [-0.39, 0.29) is 5.91 Å². The maximum atomic E-state index is 12.7. The first-order chi connectivity index (χ1) is 19.6. The lowest BCUT2D eigenvalue weighted by Crippen LogP contribution is -2.30. The molecule has 40 heavy (non-hydrogen) atoms. The third kappa shape index (κ3) is 4.60. The lowest BCUT2D eigenvalue weighted by molar-refractivity contribution is -0.117. The molecule has 7 rings (SSSR count). The number of carbonyl (C=O) groups is 1. The molecule has 0 unspecified atom stereocenters. The van der Waals surface area contributed by atoms with Gasteiger partial charge in [-0.3, -0.25) is 19.4 Å². The number of rotatable bonds is 6. The highest BCUT2D eigenvalue weighted by Crippen LogP contribution is 2.31. The van der Waals surface area contributed by atoms with Crippen LogP contribution in [0.15, 0.2) is 61.4 Å². The number of aryl methyl sites for hydroxylation is 1. The second-order valence-corrected chi connectivity index (χ2v) is 10.3. The summed E-state index contributed by atoms with van der Waals surface area (Å²) in [6.07, 6.45) is 11.5. The van der Waals surface area contributed by atoms with E-state index in [1.54, 1.807) is 24.9 Å². The van der Waals surface area contributed by atoms with Gasteiger partial charge in [-0.1, -0.05) is 0 Å². The summed E-state index contributed by atoms with van der Waals surface area (Å²) in [5, 5.41) is 15.0. The number of fused-ring (bicyclic) bond motifs is 2. The van der Waals surface area contributed by atoms with Gasteiger partial charge in [-0.15, -0.1) is 0 Å². The van der Waals surface area contributed by atoms with Crippen molar-refractivity contribution < 1.29 is 4.79 Å².